The lowest BCUT2D eigenvalue weighted by atomic mass is 10.2. The van der Waals surface area contributed by atoms with Crippen LogP contribution >= 0.6 is 0 Å². The summed E-state index contributed by atoms with van der Waals surface area (Å²) in [5.74, 6) is -0.597. The Bertz CT molecular complexity index is 688. The molecular weight excluding hydrogens is 258 g/mol. The van der Waals surface area contributed by atoms with E-state index in [1.54, 1.807) is 12.1 Å². The van der Waals surface area contributed by atoms with Gasteiger partial charge in [0.25, 0.3) is 0 Å². The number of hydrogen-bond donors (Lipinski definition) is 1. The number of benzene rings is 1. The fourth-order valence-electron chi connectivity index (χ4n) is 1.37. The van der Waals surface area contributed by atoms with Gasteiger partial charge in [0.2, 0.25) is 14.9 Å². The second-order valence-corrected chi connectivity index (χ2v) is 5.56. The van der Waals surface area contributed by atoms with Crippen LogP contribution in [0.1, 0.15) is 5.56 Å². The molecule has 0 unspecified atom stereocenters. The van der Waals surface area contributed by atoms with Crippen molar-refractivity contribution in [3.63, 3.8) is 0 Å². The first kappa shape index (κ1) is 12.2. The molecule has 8 heteroatoms. The summed E-state index contributed by atoms with van der Waals surface area (Å²) in [6.07, 6.45) is 0.938. The number of nitrogens with zero attached hydrogens (tertiary/aromatic N) is 2. The quantitative estimate of drug-likeness (QED) is 0.669. The van der Waals surface area contributed by atoms with Gasteiger partial charge >= 0.3 is 5.95 Å². The predicted octanol–water partition coefficient (Wildman–Crippen LogP) is 1.46. The summed E-state index contributed by atoms with van der Waals surface area (Å²) >= 11 is 0. The van der Waals surface area contributed by atoms with Gasteiger partial charge in [0.05, 0.1) is 4.90 Å². The van der Waals surface area contributed by atoms with Gasteiger partial charge in [-0.1, -0.05) is 22.7 Å². The molecule has 0 amide bonds. The molecule has 18 heavy (non-hydrogen) atoms. The molecule has 0 aliphatic heterocycles. The van der Waals surface area contributed by atoms with Gasteiger partial charge in [0.1, 0.15) is 0 Å². The van der Waals surface area contributed by atoms with Crippen molar-refractivity contribution in [2.24, 2.45) is 0 Å². The molecule has 0 aliphatic carbocycles. The van der Waals surface area contributed by atoms with Gasteiger partial charge in [-0.2, -0.15) is 0 Å². The lowest BCUT2D eigenvalue weighted by Gasteiger charge is -1.99. The van der Waals surface area contributed by atoms with Crippen LogP contribution in [0, 0.1) is 17.0 Å². The number of aryl methyl sites for hydroxylation is 1. The first-order valence-corrected chi connectivity index (χ1v) is 6.41. The number of aromatic amines is 1. The first-order chi connectivity index (χ1) is 8.41. The molecule has 7 nitrogen and oxygen atoms in total. The highest BCUT2D eigenvalue weighted by Crippen LogP contribution is 2.20. The normalized spacial score (nSPS) is 11.4. The van der Waals surface area contributed by atoms with E-state index in [0.717, 1.165) is 11.8 Å². The fraction of sp³-hybridized carbons (Fsp3) is 0.100. The minimum absolute atomic E-state index is 0.0617. The summed E-state index contributed by atoms with van der Waals surface area (Å²) in [5.41, 5.74) is 0.921. The van der Waals surface area contributed by atoms with E-state index in [9.17, 15) is 18.5 Å². The molecule has 1 heterocycles. The van der Waals surface area contributed by atoms with Crippen LogP contribution < -0.4 is 0 Å². The molecule has 2 rings (SSSR count). The molecule has 1 N–H and O–H groups in total. The number of H-pyrrole nitrogens is 1. The second kappa shape index (κ2) is 4.22. The second-order valence-electron chi connectivity index (χ2n) is 3.64. The molecule has 0 saturated heterocycles. The Balaban J connectivity index is 2.47. The lowest BCUT2D eigenvalue weighted by Crippen LogP contribution is -2.02. The fourth-order valence-corrected chi connectivity index (χ4v) is 2.53. The summed E-state index contributed by atoms with van der Waals surface area (Å²) in [7, 11) is -3.79. The zero-order chi connectivity index (χ0) is 13.3. The van der Waals surface area contributed by atoms with Crippen molar-refractivity contribution in [3.05, 3.63) is 46.1 Å². The van der Waals surface area contributed by atoms with Gasteiger partial charge < -0.3 is 10.1 Å². The van der Waals surface area contributed by atoms with E-state index < -0.39 is 20.7 Å². The van der Waals surface area contributed by atoms with E-state index in [0.29, 0.717) is 0 Å². The van der Waals surface area contributed by atoms with Crippen LogP contribution in [0.4, 0.5) is 5.95 Å². The van der Waals surface area contributed by atoms with Crippen LogP contribution in [0.2, 0.25) is 0 Å². The van der Waals surface area contributed by atoms with Crippen LogP contribution in [0.3, 0.4) is 0 Å². The maximum absolute atomic E-state index is 12.1. The highest BCUT2D eigenvalue weighted by atomic mass is 32.2. The number of nitro groups is 1. The van der Waals surface area contributed by atoms with Crippen molar-refractivity contribution >= 4 is 15.8 Å². The van der Waals surface area contributed by atoms with Crippen molar-refractivity contribution in [1.29, 1.82) is 0 Å². The third-order valence-corrected chi connectivity index (χ3v) is 4.01. The van der Waals surface area contributed by atoms with Crippen molar-refractivity contribution < 1.29 is 13.3 Å². The van der Waals surface area contributed by atoms with E-state index in [-0.39, 0.29) is 9.92 Å². The third-order valence-electron chi connectivity index (χ3n) is 2.33. The summed E-state index contributed by atoms with van der Waals surface area (Å²) in [5, 5.41) is 10.1. The smallest absolute Gasteiger partial charge is 0.390 e. The summed E-state index contributed by atoms with van der Waals surface area (Å²) in [6, 6.07) is 6.18. The molecule has 1 aromatic carbocycles. The summed E-state index contributed by atoms with van der Waals surface area (Å²) in [6.45, 7) is 1.83. The zero-order valence-corrected chi connectivity index (χ0v) is 10.1. The predicted molar refractivity (Wildman–Crippen MR) is 61.9 cm³/mol. The highest BCUT2D eigenvalue weighted by molar-refractivity contribution is 7.91. The molecule has 0 radical (unpaired) electrons. The zero-order valence-electron chi connectivity index (χ0n) is 9.32. The standard InChI is InChI=1S/C10H9N3O4S/c1-7-2-4-8(5-3-7)18(16,17)9-6-11-10(12-9)13(14)15/h2-6H,1H3,(H,11,12). The number of rotatable bonds is 3. The van der Waals surface area contributed by atoms with E-state index in [1.165, 1.54) is 12.1 Å². The summed E-state index contributed by atoms with van der Waals surface area (Å²) < 4.78 is 24.2. The molecular formula is C10H9N3O4S. The lowest BCUT2D eigenvalue weighted by molar-refractivity contribution is -0.394. The van der Waals surface area contributed by atoms with Gasteiger partial charge in [-0.3, -0.25) is 0 Å². The van der Waals surface area contributed by atoms with Crippen LogP contribution in [0.5, 0.6) is 0 Å². The number of aromatic nitrogens is 2. The molecule has 0 fully saturated rings. The highest BCUT2D eigenvalue weighted by Gasteiger charge is 2.25. The Morgan fingerprint density at radius 2 is 1.89 bits per heavy atom. The third kappa shape index (κ3) is 2.09. The van der Waals surface area contributed by atoms with Crippen LogP contribution in [-0.2, 0) is 9.84 Å². The SMILES string of the molecule is Cc1ccc(S(=O)(=O)c2cnc([N+](=O)[O-])[nH]2)cc1. The maximum Gasteiger partial charge on any atom is 0.433 e. The molecule has 0 bridgehead atoms. The van der Waals surface area contributed by atoms with E-state index in [2.05, 4.69) is 9.97 Å². The molecule has 2 aromatic rings. The van der Waals surface area contributed by atoms with Crippen molar-refractivity contribution in [2.75, 3.05) is 0 Å². The van der Waals surface area contributed by atoms with Crippen LogP contribution in [-0.4, -0.2) is 23.3 Å². The maximum atomic E-state index is 12.1. The van der Waals surface area contributed by atoms with Crippen molar-refractivity contribution in [1.82, 2.24) is 9.97 Å². The molecule has 0 saturated carbocycles. The van der Waals surface area contributed by atoms with Crippen LogP contribution in [0.25, 0.3) is 0 Å². The minimum Gasteiger partial charge on any atom is -0.390 e. The van der Waals surface area contributed by atoms with Crippen molar-refractivity contribution in [3.8, 4) is 0 Å². The van der Waals surface area contributed by atoms with E-state index >= 15 is 0 Å². The number of nitrogens with one attached hydrogen (secondary N) is 1. The number of imidazole rings is 1. The molecule has 1 aromatic heterocycles. The topological polar surface area (TPSA) is 106 Å². The van der Waals surface area contributed by atoms with E-state index in [4.69, 9.17) is 0 Å². The Hall–Kier alpha value is -2.22. The van der Waals surface area contributed by atoms with Crippen molar-refractivity contribution in [2.45, 2.75) is 16.8 Å². The van der Waals surface area contributed by atoms with Gasteiger partial charge in [0, 0.05) is 0 Å². The van der Waals surface area contributed by atoms with Gasteiger partial charge in [-0.15, -0.1) is 0 Å². The monoisotopic (exact) mass is 267 g/mol. The molecule has 0 spiro atoms. The van der Waals surface area contributed by atoms with Gasteiger partial charge in [-0.05, 0) is 24.0 Å². The van der Waals surface area contributed by atoms with Crippen LogP contribution in [0.15, 0.2) is 40.4 Å². The largest absolute Gasteiger partial charge is 0.433 e. The Labute approximate surface area is 103 Å². The first-order valence-electron chi connectivity index (χ1n) is 4.92. The van der Waals surface area contributed by atoms with Gasteiger partial charge in [-0.25, -0.2) is 13.4 Å². The number of hydrogen-bond acceptors (Lipinski definition) is 5. The molecule has 0 aliphatic rings. The average molecular weight is 267 g/mol. The van der Waals surface area contributed by atoms with Gasteiger partial charge in [0.15, 0.2) is 6.20 Å². The molecule has 0 atom stereocenters. The van der Waals surface area contributed by atoms with E-state index in [1.807, 2.05) is 6.92 Å². The number of sulfone groups is 1. The molecule has 94 valence electrons. The Morgan fingerprint density at radius 3 is 2.39 bits per heavy atom. The minimum atomic E-state index is -3.79. The Morgan fingerprint density at radius 1 is 1.28 bits per heavy atom. The Kier molecular flexibility index (Phi) is 2.87. The average Bonchev–Trinajstić information content (AvgIpc) is 2.79. The summed E-state index contributed by atoms with van der Waals surface area (Å²) in [4.78, 5) is 15.3.